The maximum absolute atomic E-state index is 10.4. The van der Waals surface area contributed by atoms with Crippen molar-refractivity contribution >= 4 is 93.8 Å². The molecule has 14 N–H and O–H groups in total. The van der Waals surface area contributed by atoms with E-state index in [1.165, 1.54) is 0 Å². The Labute approximate surface area is 296 Å². The standard InChI is InChI=1S/C20H14N4.6FH2O3P/c1-2-14-10-16-5-6-18(23-16)12-20-8-7-19(24-20)11-17-4-3-15(22-17)9-13(1)21-14;6*1-5(2,3)4/h1-12,21-22H;6*(H2,2,3,4). The molecule has 0 aromatic carbocycles. The third kappa shape index (κ3) is 47.1. The van der Waals surface area contributed by atoms with Crippen LogP contribution in [0.15, 0.2) is 48.5 Å². The molecule has 0 atom stereocenters. The first kappa shape index (κ1) is 53.2. The Hall–Kier alpha value is -2.92. The fraction of sp³-hybridized carbons (Fsp3) is 0. The van der Waals surface area contributed by atoms with Crippen LogP contribution >= 0.6 is 47.4 Å². The van der Waals surface area contributed by atoms with Crippen LogP contribution in [0.25, 0.3) is 46.4 Å². The average Bonchev–Trinajstić information content (AvgIpc) is 3.64. The second kappa shape index (κ2) is 22.6. The van der Waals surface area contributed by atoms with Crippen molar-refractivity contribution in [2.75, 3.05) is 0 Å². The first-order valence-electron chi connectivity index (χ1n) is 12.4. The van der Waals surface area contributed by atoms with Gasteiger partial charge in [-0.05, 0) is 72.8 Å². The van der Waals surface area contributed by atoms with Gasteiger partial charge < -0.3 is 9.97 Å². The summed E-state index contributed by atoms with van der Waals surface area (Å²) < 4.78 is 114. The van der Waals surface area contributed by atoms with E-state index < -0.39 is 47.4 Å². The number of hydrogen-bond acceptors (Lipinski definition) is 8. The van der Waals surface area contributed by atoms with Gasteiger partial charge in [-0.1, -0.05) is 0 Å². The van der Waals surface area contributed by atoms with Crippen molar-refractivity contribution < 1.29 is 111 Å². The Bertz CT molecular complexity index is 1890. The molecule has 306 valence electrons. The van der Waals surface area contributed by atoms with Crippen LogP contribution in [0.4, 0.5) is 25.2 Å². The first-order chi connectivity index (χ1) is 23.8. The van der Waals surface area contributed by atoms with Crippen LogP contribution in [0.3, 0.4) is 0 Å². The molecular weight excluding hydrogens is 884 g/mol. The SMILES string of the molecule is C1=Cc2cc3ccc(cc4ccc(cc5nc(cc1n2)C=C5)[nH]4)[nH]3.O=P(O)(O)F.O=P(O)(O)F.O=P(O)(O)F.O=P(O)(O)F.O=P(O)(O)F.O=P(O)(O)F. The molecule has 34 heteroatoms. The highest BCUT2D eigenvalue weighted by Gasteiger charge is 2.07. The molecule has 0 unspecified atom stereocenters. The zero-order valence-electron chi connectivity index (χ0n) is 25.6. The van der Waals surface area contributed by atoms with Crippen molar-refractivity contribution in [3.63, 3.8) is 0 Å². The summed E-state index contributed by atoms with van der Waals surface area (Å²) in [6.45, 7) is 0. The van der Waals surface area contributed by atoms with Gasteiger partial charge in [0.05, 0.1) is 22.8 Å². The van der Waals surface area contributed by atoms with E-state index in [9.17, 15) is 25.2 Å². The van der Waals surface area contributed by atoms with Crippen LogP contribution in [0.5, 0.6) is 0 Å². The average molecular weight is 910 g/mol. The summed E-state index contributed by atoms with van der Waals surface area (Å²) in [5.41, 5.74) is 7.86. The molecule has 3 aromatic heterocycles. The third-order valence-corrected chi connectivity index (χ3v) is 4.04. The molecule has 22 nitrogen and oxygen atoms in total. The molecule has 0 spiro atoms. The molecule has 0 fully saturated rings. The van der Waals surface area contributed by atoms with Crippen LogP contribution < -0.4 is 0 Å². The first-order valence-corrected chi connectivity index (χ1v) is 21.4. The number of aromatic amines is 2. The topological polar surface area (TPSA) is 403 Å². The Kier molecular flexibility index (Phi) is 22.2. The van der Waals surface area contributed by atoms with Crippen LogP contribution in [-0.4, -0.2) is 78.7 Å². The summed E-state index contributed by atoms with van der Waals surface area (Å²) in [6, 6.07) is 16.4. The van der Waals surface area contributed by atoms with E-state index in [4.69, 9.17) is 86.1 Å². The van der Waals surface area contributed by atoms with Crippen LogP contribution in [0, 0.1) is 0 Å². The van der Waals surface area contributed by atoms with Gasteiger partial charge in [0.15, 0.2) is 0 Å². The van der Waals surface area contributed by atoms with Crippen molar-refractivity contribution in [3.05, 3.63) is 71.3 Å². The molecule has 0 amide bonds. The highest BCUT2D eigenvalue weighted by molar-refractivity contribution is 7.46. The van der Waals surface area contributed by atoms with E-state index in [-0.39, 0.29) is 0 Å². The Morgan fingerprint density at radius 3 is 0.722 bits per heavy atom. The minimum absolute atomic E-state index is 0.915. The minimum atomic E-state index is -5.14. The van der Waals surface area contributed by atoms with Crippen molar-refractivity contribution in [2.45, 2.75) is 0 Å². The molecule has 0 aliphatic carbocycles. The van der Waals surface area contributed by atoms with Crippen molar-refractivity contribution in [3.8, 4) is 0 Å². The van der Waals surface area contributed by atoms with E-state index in [0.717, 1.165) is 44.8 Å². The van der Waals surface area contributed by atoms with E-state index >= 15 is 0 Å². The number of rotatable bonds is 0. The maximum Gasteiger partial charge on any atom is 0.507 e. The molecule has 2 aliphatic rings. The summed E-state index contributed by atoms with van der Waals surface area (Å²) in [5.74, 6) is 0. The summed E-state index contributed by atoms with van der Waals surface area (Å²) >= 11 is 0. The lowest BCUT2D eigenvalue weighted by Gasteiger charge is -1.86. The number of halogens is 6. The van der Waals surface area contributed by atoms with Crippen molar-refractivity contribution in [1.82, 2.24) is 19.9 Å². The zero-order chi connectivity index (χ0) is 42.9. The summed E-state index contributed by atoms with van der Waals surface area (Å²) in [5, 5.41) is 0. The van der Waals surface area contributed by atoms with E-state index in [1.807, 2.05) is 42.5 Å². The fourth-order valence-electron chi connectivity index (χ4n) is 2.94. The summed E-state index contributed by atoms with van der Waals surface area (Å²) in [4.78, 5) is 99.6. The predicted octanol–water partition coefficient (Wildman–Crippen LogP) is 4.95. The molecule has 0 saturated carbocycles. The molecule has 0 saturated heterocycles. The van der Waals surface area contributed by atoms with Gasteiger partial charge in [0.1, 0.15) is 0 Å². The molecular formula is C20H26F6N4O18P6. The number of nitrogens with zero attached hydrogens (tertiary/aromatic N) is 2. The summed E-state index contributed by atoms with van der Waals surface area (Å²) in [6.07, 6.45) is 8.05. The van der Waals surface area contributed by atoms with Gasteiger partial charge in [0.2, 0.25) is 0 Å². The van der Waals surface area contributed by atoms with Gasteiger partial charge in [-0.25, -0.2) is 37.4 Å². The highest BCUT2D eigenvalue weighted by Crippen LogP contribution is 2.37. The quantitative estimate of drug-likeness (QED) is 0.0722. The third-order valence-electron chi connectivity index (χ3n) is 4.04. The molecule has 2 aliphatic heterocycles. The van der Waals surface area contributed by atoms with Gasteiger partial charge in [0.25, 0.3) is 0 Å². The fourth-order valence-corrected chi connectivity index (χ4v) is 2.94. The smallest absolute Gasteiger partial charge is 0.355 e. The second-order valence-electron chi connectivity index (χ2n) is 8.74. The lowest BCUT2D eigenvalue weighted by atomic mass is 10.3. The van der Waals surface area contributed by atoms with Crippen LogP contribution in [0.1, 0.15) is 22.8 Å². The lowest BCUT2D eigenvalue weighted by Crippen LogP contribution is -1.77. The van der Waals surface area contributed by atoms with Crippen LogP contribution in [-0.2, 0) is 27.4 Å². The molecule has 54 heavy (non-hydrogen) atoms. The molecule has 5 heterocycles. The largest absolute Gasteiger partial charge is 0.507 e. The lowest BCUT2D eigenvalue weighted by molar-refractivity contribution is 0.320. The van der Waals surface area contributed by atoms with Crippen molar-refractivity contribution in [2.24, 2.45) is 0 Å². The molecule has 0 radical (unpaired) electrons. The Morgan fingerprint density at radius 2 is 0.519 bits per heavy atom. The van der Waals surface area contributed by atoms with Gasteiger partial charge >= 0.3 is 47.4 Å². The highest BCUT2D eigenvalue weighted by atomic mass is 31.2. The Morgan fingerprint density at radius 1 is 0.352 bits per heavy atom. The normalized spacial score (nSPS) is 12.2. The predicted molar refractivity (Wildman–Crippen MR) is 178 cm³/mol. The zero-order valence-corrected chi connectivity index (χ0v) is 31.0. The monoisotopic (exact) mass is 910 g/mol. The molecule has 3 aromatic rings. The van der Waals surface area contributed by atoms with Gasteiger partial charge in [-0.15, -0.1) is 25.2 Å². The Balaban J connectivity index is 0. The molecule has 8 bridgehead atoms. The number of hydrogen-bond donors (Lipinski definition) is 14. The summed E-state index contributed by atoms with van der Waals surface area (Å²) in [7, 11) is -30.8. The van der Waals surface area contributed by atoms with E-state index in [2.05, 4.69) is 50.3 Å². The van der Waals surface area contributed by atoms with Gasteiger partial charge in [0, 0.05) is 22.1 Å². The second-order valence-corrected chi connectivity index (χ2v) is 14.4. The van der Waals surface area contributed by atoms with Crippen molar-refractivity contribution in [1.29, 1.82) is 0 Å². The molecule has 5 rings (SSSR count). The number of fused-ring (bicyclic) bond motifs is 8. The van der Waals surface area contributed by atoms with E-state index in [1.54, 1.807) is 0 Å². The van der Waals surface area contributed by atoms with E-state index in [0.29, 0.717) is 0 Å². The van der Waals surface area contributed by atoms with Gasteiger partial charge in [-0.3, -0.25) is 58.7 Å². The maximum atomic E-state index is 10.4. The van der Waals surface area contributed by atoms with Gasteiger partial charge in [-0.2, -0.15) is 0 Å². The minimum Gasteiger partial charge on any atom is -0.355 e. The number of nitrogens with one attached hydrogen (secondary N) is 2. The number of aromatic nitrogens is 4. The number of H-pyrrole nitrogens is 2. The van der Waals surface area contributed by atoms with Crippen LogP contribution in [0.2, 0.25) is 0 Å².